The molecular formula is C15H19Cl2N3O. The molecule has 0 bridgehead atoms. The van der Waals surface area contributed by atoms with Crippen LogP contribution in [0.3, 0.4) is 0 Å². The Morgan fingerprint density at radius 2 is 1.81 bits per heavy atom. The highest BCUT2D eigenvalue weighted by molar-refractivity contribution is 6.34. The number of hydrogen-bond donors (Lipinski definition) is 1. The van der Waals surface area contributed by atoms with Crippen molar-refractivity contribution in [1.82, 2.24) is 9.78 Å². The van der Waals surface area contributed by atoms with E-state index in [0.717, 1.165) is 30.0 Å². The van der Waals surface area contributed by atoms with Gasteiger partial charge in [0.25, 0.3) is 0 Å². The number of nitrogens with two attached hydrogens (primary N) is 1. The normalized spacial score (nSPS) is 10.9. The predicted octanol–water partition coefficient (Wildman–Crippen LogP) is 4.07. The van der Waals surface area contributed by atoms with Crippen molar-refractivity contribution in [1.29, 1.82) is 0 Å². The molecule has 4 nitrogen and oxygen atoms in total. The Labute approximate surface area is 134 Å². The van der Waals surface area contributed by atoms with Gasteiger partial charge in [0.15, 0.2) is 5.75 Å². The van der Waals surface area contributed by atoms with Crippen LogP contribution in [0.15, 0.2) is 18.2 Å². The van der Waals surface area contributed by atoms with Crippen LogP contribution in [0, 0.1) is 0 Å². The van der Waals surface area contributed by atoms with E-state index < -0.39 is 0 Å². The Kier molecular flexibility index (Phi) is 5.51. The van der Waals surface area contributed by atoms with Gasteiger partial charge in [0, 0.05) is 16.6 Å². The first kappa shape index (κ1) is 16.1. The fourth-order valence-corrected chi connectivity index (χ4v) is 2.75. The maximum atomic E-state index is 6.02. The van der Waals surface area contributed by atoms with Crippen LogP contribution in [0.4, 0.5) is 0 Å². The number of aryl methyl sites for hydroxylation is 1. The lowest BCUT2D eigenvalue weighted by Crippen LogP contribution is -2.13. The van der Waals surface area contributed by atoms with Crippen LogP contribution in [0.2, 0.25) is 10.0 Å². The van der Waals surface area contributed by atoms with E-state index in [2.05, 4.69) is 12.0 Å². The Morgan fingerprint density at radius 1 is 1.14 bits per heavy atom. The third-order valence-electron chi connectivity index (χ3n) is 3.14. The Bertz CT molecular complexity index is 605. The fourth-order valence-electron chi connectivity index (χ4n) is 2.24. The van der Waals surface area contributed by atoms with Crippen molar-refractivity contribution in [3.8, 4) is 11.5 Å². The minimum Gasteiger partial charge on any atom is -0.453 e. The van der Waals surface area contributed by atoms with Gasteiger partial charge >= 0.3 is 0 Å². The van der Waals surface area contributed by atoms with Crippen molar-refractivity contribution in [3.05, 3.63) is 39.6 Å². The summed E-state index contributed by atoms with van der Waals surface area (Å²) < 4.78 is 7.94. The average molecular weight is 328 g/mol. The van der Waals surface area contributed by atoms with Gasteiger partial charge in [0.2, 0.25) is 0 Å². The zero-order valence-corrected chi connectivity index (χ0v) is 13.7. The summed E-state index contributed by atoms with van der Waals surface area (Å²) >= 11 is 12.0. The SMILES string of the molecule is CCc1nn(CCN)c(CC)c1Oc1cc(Cl)cc(Cl)c1. The van der Waals surface area contributed by atoms with E-state index in [1.807, 2.05) is 11.6 Å². The van der Waals surface area contributed by atoms with E-state index in [1.165, 1.54) is 0 Å². The number of halogens is 2. The van der Waals surface area contributed by atoms with Crippen molar-refractivity contribution in [2.45, 2.75) is 33.2 Å². The molecule has 0 aliphatic heterocycles. The van der Waals surface area contributed by atoms with Crippen LogP contribution in [0.1, 0.15) is 25.2 Å². The average Bonchev–Trinajstić information content (AvgIpc) is 2.75. The molecule has 0 aliphatic rings. The number of ether oxygens (including phenoxy) is 1. The molecule has 0 unspecified atom stereocenters. The molecule has 0 aliphatic carbocycles. The lowest BCUT2D eigenvalue weighted by Gasteiger charge is -2.09. The molecule has 0 saturated carbocycles. The summed E-state index contributed by atoms with van der Waals surface area (Å²) in [6.45, 7) is 5.34. The van der Waals surface area contributed by atoms with Crippen molar-refractivity contribution < 1.29 is 4.74 Å². The van der Waals surface area contributed by atoms with Crippen LogP contribution in [0.5, 0.6) is 11.5 Å². The van der Waals surface area contributed by atoms with Gasteiger partial charge in [-0.1, -0.05) is 37.0 Å². The molecule has 0 atom stereocenters. The summed E-state index contributed by atoms with van der Waals surface area (Å²) in [5, 5.41) is 5.66. The summed E-state index contributed by atoms with van der Waals surface area (Å²) in [6.07, 6.45) is 1.60. The summed E-state index contributed by atoms with van der Waals surface area (Å²) in [4.78, 5) is 0. The molecule has 2 N–H and O–H groups in total. The van der Waals surface area contributed by atoms with Gasteiger partial charge in [-0.2, -0.15) is 5.10 Å². The van der Waals surface area contributed by atoms with E-state index in [4.69, 9.17) is 33.7 Å². The molecule has 0 saturated heterocycles. The topological polar surface area (TPSA) is 53.1 Å². The van der Waals surface area contributed by atoms with E-state index in [-0.39, 0.29) is 0 Å². The van der Waals surface area contributed by atoms with Gasteiger partial charge in [-0.15, -0.1) is 0 Å². The highest BCUT2D eigenvalue weighted by atomic mass is 35.5. The minimum absolute atomic E-state index is 0.542. The molecular weight excluding hydrogens is 309 g/mol. The van der Waals surface area contributed by atoms with Gasteiger partial charge in [-0.25, -0.2) is 0 Å². The predicted molar refractivity (Wildman–Crippen MR) is 86.6 cm³/mol. The molecule has 1 heterocycles. The van der Waals surface area contributed by atoms with Crippen LogP contribution < -0.4 is 10.5 Å². The first-order chi connectivity index (χ1) is 10.1. The van der Waals surface area contributed by atoms with Crippen LogP contribution >= 0.6 is 23.2 Å². The largest absolute Gasteiger partial charge is 0.453 e. The maximum absolute atomic E-state index is 6.02. The second-order valence-corrected chi connectivity index (χ2v) is 5.52. The number of hydrogen-bond acceptors (Lipinski definition) is 3. The van der Waals surface area contributed by atoms with Crippen molar-refractivity contribution in [2.75, 3.05) is 6.54 Å². The van der Waals surface area contributed by atoms with Crippen molar-refractivity contribution in [2.24, 2.45) is 5.73 Å². The van der Waals surface area contributed by atoms with Gasteiger partial charge < -0.3 is 10.5 Å². The van der Waals surface area contributed by atoms with Crippen molar-refractivity contribution >= 4 is 23.2 Å². The van der Waals surface area contributed by atoms with E-state index in [0.29, 0.717) is 28.9 Å². The zero-order valence-electron chi connectivity index (χ0n) is 12.2. The van der Waals surface area contributed by atoms with Gasteiger partial charge in [0.05, 0.1) is 12.2 Å². The van der Waals surface area contributed by atoms with Crippen molar-refractivity contribution in [3.63, 3.8) is 0 Å². The molecule has 114 valence electrons. The second-order valence-electron chi connectivity index (χ2n) is 4.65. The number of rotatable bonds is 6. The molecule has 6 heteroatoms. The number of benzene rings is 1. The second kappa shape index (κ2) is 7.16. The smallest absolute Gasteiger partial charge is 0.171 e. The standard InChI is InChI=1S/C15H19Cl2N3O/c1-3-13-15(14(4-2)20(19-13)6-5-18)21-12-8-10(16)7-11(17)9-12/h7-9H,3-6,18H2,1-2H3. The zero-order chi connectivity index (χ0) is 15.4. The lowest BCUT2D eigenvalue weighted by atomic mass is 10.2. The highest BCUT2D eigenvalue weighted by Crippen LogP contribution is 2.33. The Hall–Kier alpha value is -1.23. The molecule has 0 spiro atoms. The minimum atomic E-state index is 0.542. The Balaban J connectivity index is 2.41. The monoisotopic (exact) mass is 327 g/mol. The summed E-state index contributed by atoms with van der Waals surface area (Å²) in [6, 6.07) is 5.16. The van der Waals surface area contributed by atoms with Gasteiger partial charge in [-0.3, -0.25) is 4.68 Å². The molecule has 2 rings (SSSR count). The van der Waals surface area contributed by atoms with Crippen LogP contribution in [0.25, 0.3) is 0 Å². The van der Waals surface area contributed by atoms with Crippen LogP contribution in [-0.4, -0.2) is 16.3 Å². The van der Waals surface area contributed by atoms with Crippen LogP contribution in [-0.2, 0) is 19.4 Å². The van der Waals surface area contributed by atoms with E-state index in [1.54, 1.807) is 18.2 Å². The maximum Gasteiger partial charge on any atom is 0.171 e. The summed E-state index contributed by atoms with van der Waals surface area (Å²) in [7, 11) is 0. The molecule has 1 aromatic carbocycles. The quantitative estimate of drug-likeness (QED) is 0.870. The third kappa shape index (κ3) is 3.70. The van der Waals surface area contributed by atoms with Gasteiger partial charge in [-0.05, 0) is 31.0 Å². The van der Waals surface area contributed by atoms with E-state index >= 15 is 0 Å². The fraction of sp³-hybridized carbons (Fsp3) is 0.400. The number of nitrogens with zero attached hydrogens (tertiary/aromatic N) is 2. The summed E-state index contributed by atoms with van der Waals surface area (Å²) in [5.74, 6) is 1.40. The molecule has 0 fully saturated rings. The molecule has 0 amide bonds. The first-order valence-electron chi connectivity index (χ1n) is 7.01. The molecule has 0 radical (unpaired) electrons. The molecule has 2 aromatic rings. The number of aromatic nitrogens is 2. The van der Waals surface area contributed by atoms with Gasteiger partial charge in [0.1, 0.15) is 11.4 Å². The molecule has 21 heavy (non-hydrogen) atoms. The summed E-state index contributed by atoms with van der Waals surface area (Å²) in [5.41, 5.74) is 7.59. The Morgan fingerprint density at radius 3 is 2.33 bits per heavy atom. The molecule has 1 aromatic heterocycles. The lowest BCUT2D eigenvalue weighted by molar-refractivity contribution is 0.468. The van der Waals surface area contributed by atoms with E-state index in [9.17, 15) is 0 Å². The highest BCUT2D eigenvalue weighted by Gasteiger charge is 2.17. The first-order valence-corrected chi connectivity index (χ1v) is 7.77. The third-order valence-corrected chi connectivity index (χ3v) is 3.58.